The standard InChI is InChI=1S/C20H27N7/c1-16-23-19(21-2)18-20(24-16)27(15-22-18)10-6-9-25-11-13-26(14-12-25)17-7-4-3-5-8-17/h3-5,7-8,15H,6,9-14H2,1-2H3,(H,21,23,24). The van der Waals surface area contributed by atoms with Crippen LogP contribution < -0.4 is 10.2 Å². The third kappa shape index (κ3) is 3.88. The molecule has 1 aliphatic rings. The summed E-state index contributed by atoms with van der Waals surface area (Å²) in [6.07, 6.45) is 2.97. The summed E-state index contributed by atoms with van der Waals surface area (Å²) in [5.74, 6) is 1.57. The van der Waals surface area contributed by atoms with Crippen molar-refractivity contribution >= 4 is 22.7 Å². The minimum Gasteiger partial charge on any atom is -0.371 e. The van der Waals surface area contributed by atoms with E-state index in [1.807, 2.05) is 20.3 Å². The van der Waals surface area contributed by atoms with Crippen LogP contribution in [-0.2, 0) is 6.54 Å². The van der Waals surface area contributed by atoms with Crippen LogP contribution in [0.1, 0.15) is 12.2 Å². The summed E-state index contributed by atoms with van der Waals surface area (Å²) in [5.41, 5.74) is 3.10. The van der Waals surface area contributed by atoms with Crippen molar-refractivity contribution in [3.05, 3.63) is 42.5 Å². The zero-order valence-corrected chi connectivity index (χ0v) is 16.1. The first-order valence-corrected chi connectivity index (χ1v) is 9.64. The number of aryl methyl sites for hydroxylation is 2. The van der Waals surface area contributed by atoms with Gasteiger partial charge >= 0.3 is 0 Å². The number of hydrogen-bond donors (Lipinski definition) is 1. The molecule has 3 heterocycles. The maximum atomic E-state index is 4.58. The first-order chi connectivity index (χ1) is 13.2. The molecule has 0 amide bonds. The highest BCUT2D eigenvalue weighted by Gasteiger charge is 2.17. The van der Waals surface area contributed by atoms with Crippen LogP contribution in [0.25, 0.3) is 11.2 Å². The Kier molecular flexibility index (Phi) is 5.20. The van der Waals surface area contributed by atoms with Crippen LogP contribution in [0.2, 0.25) is 0 Å². The predicted molar refractivity (Wildman–Crippen MR) is 109 cm³/mol. The summed E-state index contributed by atoms with van der Waals surface area (Å²) in [5, 5.41) is 3.11. The van der Waals surface area contributed by atoms with Crippen LogP contribution in [0.5, 0.6) is 0 Å². The summed E-state index contributed by atoms with van der Waals surface area (Å²) in [6, 6.07) is 10.7. The zero-order chi connectivity index (χ0) is 18.6. The van der Waals surface area contributed by atoms with E-state index < -0.39 is 0 Å². The van der Waals surface area contributed by atoms with Gasteiger partial charge in [-0.2, -0.15) is 0 Å². The summed E-state index contributed by atoms with van der Waals surface area (Å²) < 4.78 is 2.14. The number of imidazole rings is 1. The number of anilines is 2. The molecule has 27 heavy (non-hydrogen) atoms. The van der Waals surface area contributed by atoms with Crippen LogP contribution in [-0.4, -0.2) is 64.2 Å². The van der Waals surface area contributed by atoms with Gasteiger partial charge in [0.1, 0.15) is 11.3 Å². The van der Waals surface area contributed by atoms with Crippen molar-refractivity contribution in [2.75, 3.05) is 50.0 Å². The molecule has 0 atom stereocenters. The number of rotatable bonds is 6. The second kappa shape index (κ2) is 7.92. The van der Waals surface area contributed by atoms with Crippen LogP contribution in [0.4, 0.5) is 11.5 Å². The summed E-state index contributed by atoms with van der Waals surface area (Å²) in [6.45, 7) is 8.37. The Balaban J connectivity index is 1.31. The van der Waals surface area contributed by atoms with Gasteiger partial charge in [-0.1, -0.05) is 18.2 Å². The molecule has 2 aromatic heterocycles. The normalized spacial score (nSPS) is 15.4. The molecule has 7 nitrogen and oxygen atoms in total. The van der Waals surface area contributed by atoms with E-state index in [1.54, 1.807) is 0 Å². The van der Waals surface area contributed by atoms with E-state index in [1.165, 1.54) is 5.69 Å². The second-order valence-corrected chi connectivity index (χ2v) is 7.00. The molecule has 0 spiro atoms. The highest BCUT2D eigenvalue weighted by molar-refractivity contribution is 5.82. The van der Waals surface area contributed by atoms with Crippen molar-refractivity contribution in [1.29, 1.82) is 0 Å². The van der Waals surface area contributed by atoms with Gasteiger partial charge in [-0.3, -0.25) is 4.90 Å². The fraction of sp³-hybridized carbons (Fsp3) is 0.450. The Morgan fingerprint density at radius 2 is 1.78 bits per heavy atom. The Morgan fingerprint density at radius 1 is 1.00 bits per heavy atom. The number of nitrogens with one attached hydrogen (secondary N) is 1. The molecule has 1 saturated heterocycles. The van der Waals surface area contributed by atoms with Crippen molar-refractivity contribution in [2.24, 2.45) is 0 Å². The van der Waals surface area contributed by atoms with Gasteiger partial charge in [0.2, 0.25) is 0 Å². The van der Waals surface area contributed by atoms with Crippen LogP contribution in [0.3, 0.4) is 0 Å². The van der Waals surface area contributed by atoms with Crippen molar-refractivity contribution in [2.45, 2.75) is 19.9 Å². The SMILES string of the molecule is CNc1nc(C)nc2c1ncn2CCCN1CCN(c2ccccc2)CC1. The highest BCUT2D eigenvalue weighted by atomic mass is 15.3. The Labute approximate surface area is 160 Å². The van der Waals surface area contributed by atoms with Crippen LogP contribution in [0, 0.1) is 6.92 Å². The predicted octanol–water partition coefficient (Wildman–Crippen LogP) is 2.39. The molecule has 0 unspecified atom stereocenters. The Bertz CT molecular complexity index is 882. The third-order valence-corrected chi connectivity index (χ3v) is 5.18. The maximum absolute atomic E-state index is 4.58. The Hall–Kier alpha value is -2.67. The number of hydrogen-bond acceptors (Lipinski definition) is 6. The monoisotopic (exact) mass is 365 g/mol. The van der Waals surface area contributed by atoms with Crippen molar-refractivity contribution in [1.82, 2.24) is 24.4 Å². The van der Waals surface area contributed by atoms with Crippen LogP contribution in [0.15, 0.2) is 36.7 Å². The zero-order valence-electron chi connectivity index (χ0n) is 16.1. The second-order valence-electron chi connectivity index (χ2n) is 7.00. The summed E-state index contributed by atoms with van der Waals surface area (Å²) in [7, 11) is 1.87. The molecule has 4 rings (SSSR count). The summed E-state index contributed by atoms with van der Waals surface area (Å²) in [4.78, 5) is 18.5. The molecule has 0 aliphatic carbocycles. The molecular formula is C20H27N7. The smallest absolute Gasteiger partial charge is 0.165 e. The van der Waals surface area contributed by atoms with Gasteiger partial charge in [-0.25, -0.2) is 15.0 Å². The van der Waals surface area contributed by atoms with E-state index in [9.17, 15) is 0 Å². The molecule has 1 fully saturated rings. The summed E-state index contributed by atoms with van der Waals surface area (Å²) >= 11 is 0. The van der Waals surface area contributed by atoms with Gasteiger partial charge in [0.15, 0.2) is 11.5 Å². The lowest BCUT2D eigenvalue weighted by Gasteiger charge is -2.36. The molecule has 1 aliphatic heterocycles. The molecule has 7 heteroatoms. The van der Waals surface area contributed by atoms with Crippen molar-refractivity contribution < 1.29 is 0 Å². The largest absolute Gasteiger partial charge is 0.371 e. The van der Waals surface area contributed by atoms with E-state index >= 15 is 0 Å². The van der Waals surface area contributed by atoms with Gasteiger partial charge in [0.05, 0.1) is 6.33 Å². The van der Waals surface area contributed by atoms with Gasteiger partial charge in [0, 0.05) is 45.5 Å². The topological polar surface area (TPSA) is 62.1 Å². The lowest BCUT2D eigenvalue weighted by Crippen LogP contribution is -2.46. The van der Waals surface area contributed by atoms with E-state index in [4.69, 9.17) is 0 Å². The molecule has 1 N–H and O–H groups in total. The fourth-order valence-corrected chi connectivity index (χ4v) is 3.72. The molecule has 0 radical (unpaired) electrons. The molecule has 3 aromatic rings. The average Bonchev–Trinajstić information content (AvgIpc) is 3.11. The first kappa shape index (κ1) is 17.7. The van der Waals surface area contributed by atoms with E-state index in [0.29, 0.717) is 0 Å². The van der Waals surface area contributed by atoms with Gasteiger partial charge in [-0.15, -0.1) is 0 Å². The third-order valence-electron chi connectivity index (χ3n) is 5.18. The molecule has 142 valence electrons. The minimum absolute atomic E-state index is 0.769. The molecule has 0 saturated carbocycles. The van der Waals surface area contributed by atoms with Gasteiger partial charge < -0.3 is 14.8 Å². The number of benzene rings is 1. The molecule has 1 aromatic carbocycles. The number of nitrogens with zero attached hydrogens (tertiary/aromatic N) is 6. The Morgan fingerprint density at radius 3 is 2.52 bits per heavy atom. The quantitative estimate of drug-likeness (QED) is 0.724. The van der Waals surface area contributed by atoms with Gasteiger partial charge in [0.25, 0.3) is 0 Å². The highest BCUT2D eigenvalue weighted by Crippen LogP contribution is 2.19. The number of aromatic nitrogens is 4. The lowest BCUT2D eigenvalue weighted by atomic mass is 10.2. The molecular weight excluding hydrogens is 338 g/mol. The minimum atomic E-state index is 0.769. The van der Waals surface area contributed by atoms with Crippen molar-refractivity contribution in [3.63, 3.8) is 0 Å². The average molecular weight is 365 g/mol. The van der Waals surface area contributed by atoms with E-state index in [0.717, 1.165) is 68.5 Å². The van der Waals surface area contributed by atoms with E-state index in [-0.39, 0.29) is 0 Å². The van der Waals surface area contributed by atoms with Crippen molar-refractivity contribution in [3.8, 4) is 0 Å². The van der Waals surface area contributed by atoms with Gasteiger partial charge in [-0.05, 0) is 32.0 Å². The maximum Gasteiger partial charge on any atom is 0.165 e. The first-order valence-electron chi connectivity index (χ1n) is 9.64. The fourth-order valence-electron chi connectivity index (χ4n) is 3.72. The van der Waals surface area contributed by atoms with Crippen LogP contribution >= 0.6 is 0 Å². The van der Waals surface area contributed by atoms with E-state index in [2.05, 4.69) is 65.0 Å². The molecule has 0 bridgehead atoms. The number of fused-ring (bicyclic) bond motifs is 1. The lowest BCUT2D eigenvalue weighted by molar-refractivity contribution is 0.251. The number of para-hydroxylation sites is 1. The number of piperazine rings is 1.